The van der Waals surface area contributed by atoms with Gasteiger partial charge in [0.05, 0.1) is 25.8 Å². The van der Waals surface area contributed by atoms with Crippen molar-refractivity contribution < 1.29 is 18.7 Å². The van der Waals surface area contributed by atoms with Crippen molar-refractivity contribution in [3.63, 3.8) is 0 Å². The summed E-state index contributed by atoms with van der Waals surface area (Å²) in [6, 6.07) is 17.8. The summed E-state index contributed by atoms with van der Waals surface area (Å²) in [6.45, 7) is 3.74. The number of aryl methyl sites for hydroxylation is 1. The molecule has 0 amide bonds. The predicted molar refractivity (Wildman–Crippen MR) is 111 cm³/mol. The summed E-state index contributed by atoms with van der Waals surface area (Å²) in [5, 5.41) is 3.21. The van der Waals surface area contributed by atoms with E-state index < -0.39 is 0 Å². The van der Waals surface area contributed by atoms with Gasteiger partial charge in [0.25, 0.3) is 0 Å². The number of aromatic nitrogens is 1. The number of nitrogens with zero attached hydrogens (tertiary/aromatic N) is 1. The van der Waals surface area contributed by atoms with Crippen LogP contribution in [0.25, 0.3) is 11.5 Å². The van der Waals surface area contributed by atoms with Crippen LogP contribution in [0.2, 0.25) is 0 Å². The van der Waals surface area contributed by atoms with Crippen molar-refractivity contribution in [1.82, 2.24) is 10.3 Å². The van der Waals surface area contributed by atoms with Gasteiger partial charge in [0.15, 0.2) is 0 Å². The molecule has 0 aliphatic heterocycles. The molecule has 3 rings (SSSR count). The van der Waals surface area contributed by atoms with Gasteiger partial charge in [-0.15, -0.1) is 0 Å². The van der Waals surface area contributed by atoms with Crippen LogP contribution in [-0.2, 0) is 22.5 Å². The Kier molecular flexibility index (Phi) is 7.41. The number of carbonyl (C=O) groups excluding carboxylic acids is 1. The Labute approximate surface area is 170 Å². The van der Waals surface area contributed by atoms with E-state index in [9.17, 15) is 4.79 Å². The van der Waals surface area contributed by atoms with Gasteiger partial charge in [0, 0.05) is 25.1 Å². The van der Waals surface area contributed by atoms with Crippen LogP contribution in [0.15, 0.2) is 59.0 Å². The normalized spacial score (nSPS) is 10.7. The highest BCUT2D eigenvalue weighted by molar-refractivity contribution is 5.69. The van der Waals surface area contributed by atoms with Gasteiger partial charge in [0.1, 0.15) is 11.5 Å². The first-order chi connectivity index (χ1) is 14.2. The average Bonchev–Trinajstić information content (AvgIpc) is 3.13. The van der Waals surface area contributed by atoms with Crippen LogP contribution in [0.3, 0.4) is 0 Å². The smallest absolute Gasteiger partial charge is 0.306 e. The number of carbonyl (C=O) groups is 1. The highest BCUT2D eigenvalue weighted by Crippen LogP contribution is 2.22. The number of benzene rings is 2. The van der Waals surface area contributed by atoms with Crippen LogP contribution in [0, 0.1) is 6.92 Å². The van der Waals surface area contributed by atoms with Gasteiger partial charge < -0.3 is 19.2 Å². The molecule has 0 aliphatic carbocycles. The van der Waals surface area contributed by atoms with E-state index in [1.54, 1.807) is 0 Å². The monoisotopic (exact) mass is 394 g/mol. The molecule has 0 radical (unpaired) electrons. The Balaban J connectivity index is 1.44. The maximum absolute atomic E-state index is 11.1. The molecule has 1 heterocycles. The molecule has 0 spiro atoms. The van der Waals surface area contributed by atoms with E-state index in [0.29, 0.717) is 38.4 Å². The van der Waals surface area contributed by atoms with Crippen molar-refractivity contribution >= 4 is 5.97 Å². The second kappa shape index (κ2) is 10.4. The molecule has 0 saturated heterocycles. The molecule has 0 saturated carbocycles. The quantitative estimate of drug-likeness (QED) is 0.415. The lowest BCUT2D eigenvalue weighted by molar-refractivity contribution is -0.140. The molecule has 1 aromatic heterocycles. The summed E-state index contributed by atoms with van der Waals surface area (Å²) in [6.07, 6.45) is 1.05. The molecular weight excluding hydrogens is 368 g/mol. The Bertz CT molecular complexity index is 904. The number of oxazole rings is 1. The third kappa shape index (κ3) is 6.19. The SMILES string of the molecule is COC(=O)CCNCc1ccc(OCCc2nc(-c3ccccc3)oc2C)cc1. The van der Waals surface area contributed by atoms with Gasteiger partial charge in [-0.3, -0.25) is 4.79 Å². The molecule has 2 aromatic carbocycles. The maximum atomic E-state index is 11.1. The average molecular weight is 394 g/mol. The van der Waals surface area contributed by atoms with E-state index in [1.807, 2.05) is 61.5 Å². The van der Waals surface area contributed by atoms with Crippen LogP contribution in [0.5, 0.6) is 5.75 Å². The molecule has 152 valence electrons. The van der Waals surface area contributed by atoms with E-state index in [2.05, 4.69) is 15.0 Å². The first-order valence-electron chi connectivity index (χ1n) is 9.66. The fourth-order valence-electron chi connectivity index (χ4n) is 2.86. The third-order valence-corrected chi connectivity index (χ3v) is 4.51. The molecule has 6 nitrogen and oxygen atoms in total. The molecule has 29 heavy (non-hydrogen) atoms. The lowest BCUT2D eigenvalue weighted by Gasteiger charge is -2.07. The van der Waals surface area contributed by atoms with E-state index in [0.717, 1.165) is 28.3 Å². The van der Waals surface area contributed by atoms with Crippen LogP contribution in [0.4, 0.5) is 0 Å². The minimum atomic E-state index is -0.209. The molecule has 0 atom stereocenters. The maximum Gasteiger partial charge on any atom is 0.306 e. The second-order valence-electron chi connectivity index (χ2n) is 6.63. The Morgan fingerprint density at radius 2 is 1.86 bits per heavy atom. The highest BCUT2D eigenvalue weighted by Gasteiger charge is 2.11. The van der Waals surface area contributed by atoms with Gasteiger partial charge in [-0.25, -0.2) is 4.98 Å². The Morgan fingerprint density at radius 1 is 1.10 bits per heavy atom. The van der Waals surface area contributed by atoms with Crippen LogP contribution < -0.4 is 10.1 Å². The number of hydrogen-bond acceptors (Lipinski definition) is 6. The molecule has 0 aliphatic rings. The van der Waals surface area contributed by atoms with Crippen molar-refractivity contribution in [3.8, 4) is 17.2 Å². The zero-order valence-electron chi connectivity index (χ0n) is 16.8. The minimum absolute atomic E-state index is 0.209. The van der Waals surface area contributed by atoms with Crippen LogP contribution in [0.1, 0.15) is 23.4 Å². The summed E-state index contributed by atoms with van der Waals surface area (Å²) in [7, 11) is 1.40. The third-order valence-electron chi connectivity index (χ3n) is 4.51. The summed E-state index contributed by atoms with van der Waals surface area (Å²) >= 11 is 0. The van der Waals surface area contributed by atoms with Crippen molar-refractivity contribution in [3.05, 3.63) is 71.6 Å². The predicted octanol–water partition coefficient (Wildman–Crippen LogP) is 3.92. The van der Waals surface area contributed by atoms with Gasteiger partial charge >= 0.3 is 5.97 Å². The molecule has 1 N–H and O–H groups in total. The fourth-order valence-corrected chi connectivity index (χ4v) is 2.86. The summed E-state index contributed by atoms with van der Waals surface area (Å²) < 4.78 is 16.2. The van der Waals surface area contributed by atoms with Crippen LogP contribution >= 0.6 is 0 Å². The fraction of sp³-hybridized carbons (Fsp3) is 0.304. The topological polar surface area (TPSA) is 73.6 Å². The first kappa shape index (κ1) is 20.6. The van der Waals surface area contributed by atoms with Crippen LogP contribution in [-0.4, -0.2) is 31.2 Å². The van der Waals surface area contributed by atoms with Gasteiger partial charge in [0.2, 0.25) is 5.89 Å². The zero-order valence-corrected chi connectivity index (χ0v) is 16.8. The number of rotatable bonds is 10. The standard InChI is InChI=1S/C23H26N2O4/c1-17-21(25-23(29-17)19-6-4-3-5-7-19)13-15-28-20-10-8-18(9-11-20)16-24-14-12-22(26)27-2/h3-11,24H,12-16H2,1-2H3. The summed E-state index contributed by atoms with van der Waals surface area (Å²) in [4.78, 5) is 15.7. The highest BCUT2D eigenvalue weighted by atomic mass is 16.5. The van der Waals surface area contributed by atoms with E-state index in [4.69, 9.17) is 9.15 Å². The second-order valence-corrected chi connectivity index (χ2v) is 6.63. The molecule has 0 unspecified atom stereocenters. The summed E-state index contributed by atoms with van der Waals surface area (Å²) in [5.74, 6) is 2.07. The molecular formula is C23H26N2O4. The van der Waals surface area contributed by atoms with E-state index >= 15 is 0 Å². The van der Waals surface area contributed by atoms with Crippen molar-refractivity contribution in [2.75, 3.05) is 20.3 Å². The number of ether oxygens (including phenoxy) is 2. The number of esters is 1. The first-order valence-corrected chi connectivity index (χ1v) is 9.66. The lowest BCUT2D eigenvalue weighted by atomic mass is 10.2. The lowest BCUT2D eigenvalue weighted by Crippen LogP contribution is -2.18. The largest absolute Gasteiger partial charge is 0.493 e. The van der Waals surface area contributed by atoms with Gasteiger partial charge in [-0.05, 0) is 36.8 Å². The molecule has 3 aromatic rings. The molecule has 0 bridgehead atoms. The Hall–Kier alpha value is -3.12. The number of nitrogens with one attached hydrogen (secondary N) is 1. The zero-order chi connectivity index (χ0) is 20.5. The molecule has 6 heteroatoms. The Morgan fingerprint density at radius 3 is 2.59 bits per heavy atom. The van der Waals surface area contributed by atoms with Crippen molar-refractivity contribution in [1.29, 1.82) is 0 Å². The minimum Gasteiger partial charge on any atom is -0.493 e. The van der Waals surface area contributed by atoms with Gasteiger partial charge in [-0.2, -0.15) is 0 Å². The van der Waals surface area contributed by atoms with E-state index in [-0.39, 0.29) is 5.97 Å². The van der Waals surface area contributed by atoms with E-state index in [1.165, 1.54) is 7.11 Å². The number of hydrogen-bond donors (Lipinski definition) is 1. The summed E-state index contributed by atoms with van der Waals surface area (Å²) in [5.41, 5.74) is 3.01. The molecule has 0 fully saturated rings. The van der Waals surface area contributed by atoms with Crippen molar-refractivity contribution in [2.45, 2.75) is 26.3 Å². The number of methoxy groups -OCH3 is 1. The van der Waals surface area contributed by atoms with Crippen molar-refractivity contribution in [2.24, 2.45) is 0 Å². The van der Waals surface area contributed by atoms with Gasteiger partial charge in [-0.1, -0.05) is 30.3 Å².